The van der Waals surface area contributed by atoms with Gasteiger partial charge in [0.1, 0.15) is 5.75 Å². The molecule has 1 aromatic rings. The predicted molar refractivity (Wildman–Crippen MR) is 57.9 cm³/mol. The average Bonchev–Trinajstić information content (AvgIpc) is 2.21. The molecule has 0 fully saturated rings. The first-order valence-corrected chi connectivity index (χ1v) is 5.20. The van der Waals surface area contributed by atoms with Crippen LogP contribution in [0.2, 0.25) is 5.02 Å². The van der Waals surface area contributed by atoms with Crippen molar-refractivity contribution < 1.29 is 9.84 Å². The number of hydrogen-bond acceptors (Lipinski definition) is 2. The summed E-state index contributed by atoms with van der Waals surface area (Å²) in [5.74, 6) is 0.846. The summed E-state index contributed by atoms with van der Waals surface area (Å²) in [7, 11) is 0. The third-order valence-corrected chi connectivity index (χ3v) is 2.14. The first-order valence-electron chi connectivity index (χ1n) is 4.82. The number of aliphatic hydroxyl groups excluding tert-OH is 1. The summed E-state index contributed by atoms with van der Waals surface area (Å²) in [5, 5.41) is 9.28. The SMILES string of the molecule is OCCCCCOc1ccc(Cl)cc1. The molecule has 78 valence electrons. The molecule has 1 rings (SSSR count). The number of ether oxygens (including phenoxy) is 1. The second-order valence-corrected chi connectivity index (χ2v) is 3.52. The van der Waals surface area contributed by atoms with E-state index < -0.39 is 0 Å². The van der Waals surface area contributed by atoms with Gasteiger partial charge in [-0.2, -0.15) is 0 Å². The summed E-state index contributed by atoms with van der Waals surface area (Å²) in [5.41, 5.74) is 0. The highest BCUT2D eigenvalue weighted by atomic mass is 35.5. The highest BCUT2D eigenvalue weighted by molar-refractivity contribution is 6.30. The van der Waals surface area contributed by atoms with E-state index in [0.29, 0.717) is 6.61 Å². The minimum Gasteiger partial charge on any atom is -0.494 e. The van der Waals surface area contributed by atoms with Crippen molar-refractivity contribution in [3.8, 4) is 5.75 Å². The number of halogens is 1. The first kappa shape index (κ1) is 11.3. The Hall–Kier alpha value is -0.730. The molecule has 1 N–H and O–H groups in total. The fraction of sp³-hybridized carbons (Fsp3) is 0.455. The molecular weight excluding hydrogens is 200 g/mol. The molecule has 2 nitrogen and oxygen atoms in total. The van der Waals surface area contributed by atoms with Crippen LogP contribution in [0.1, 0.15) is 19.3 Å². The Morgan fingerprint density at radius 3 is 2.43 bits per heavy atom. The lowest BCUT2D eigenvalue weighted by Gasteiger charge is -2.05. The van der Waals surface area contributed by atoms with Gasteiger partial charge in [-0.25, -0.2) is 0 Å². The lowest BCUT2D eigenvalue weighted by molar-refractivity contribution is 0.266. The number of aliphatic hydroxyl groups is 1. The maximum absolute atomic E-state index is 8.56. The second-order valence-electron chi connectivity index (χ2n) is 3.09. The first-order chi connectivity index (χ1) is 6.83. The van der Waals surface area contributed by atoms with Gasteiger partial charge in [0.25, 0.3) is 0 Å². The highest BCUT2D eigenvalue weighted by Crippen LogP contribution is 2.15. The third-order valence-electron chi connectivity index (χ3n) is 1.88. The fourth-order valence-corrected chi connectivity index (χ4v) is 1.24. The minimum atomic E-state index is 0.265. The number of hydrogen-bond donors (Lipinski definition) is 1. The lowest BCUT2D eigenvalue weighted by Crippen LogP contribution is -1.97. The van der Waals surface area contributed by atoms with Crippen LogP contribution in [0.5, 0.6) is 5.75 Å². The van der Waals surface area contributed by atoms with Gasteiger partial charge in [0.15, 0.2) is 0 Å². The third kappa shape index (κ3) is 4.49. The van der Waals surface area contributed by atoms with Crippen molar-refractivity contribution in [3.63, 3.8) is 0 Å². The quantitative estimate of drug-likeness (QED) is 0.738. The Balaban J connectivity index is 2.15. The van der Waals surface area contributed by atoms with E-state index in [1.807, 2.05) is 24.3 Å². The topological polar surface area (TPSA) is 29.5 Å². The molecule has 0 heterocycles. The summed E-state index contributed by atoms with van der Waals surface area (Å²) in [6, 6.07) is 7.33. The molecule has 0 aliphatic heterocycles. The van der Waals surface area contributed by atoms with Gasteiger partial charge in [0, 0.05) is 11.6 Å². The number of benzene rings is 1. The molecule has 0 bridgehead atoms. The Bertz CT molecular complexity index is 246. The van der Waals surface area contributed by atoms with Gasteiger partial charge in [-0.05, 0) is 43.5 Å². The smallest absolute Gasteiger partial charge is 0.119 e. The van der Waals surface area contributed by atoms with Crippen LogP contribution in [0.25, 0.3) is 0 Å². The zero-order valence-corrected chi connectivity index (χ0v) is 8.83. The molecule has 14 heavy (non-hydrogen) atoms. The van der Waals surface area contributed by atoms with Gasteiger partial charge < -0.3 is 9.84 Å². The van der Waals surface area contributed by atoms with Gasteiger partial charge in [-0.3, -0.25) is 0 Å². The maximum atomic E-state index is 8.56. The molecule has 0 unspecified atom stereocenters. The molecule has 0 aliphatic carbocycles. The minimum absolute atomic E-state index is 0.265. The fourth-order valence-electron chi connectivity index (χ4n) is 1.11. The lowest BCUT2D eigenvalue weighted by atomic mass is 10.2. The highest BCUT2D eigenvalue weighted by Gasteiger charge is 1.93. The number of rotatable bonds is 6. The van der Waals surface area contributed by atoms with E-state index in [9.17, 15) is 0 Å². The van der Waals surface area contributed by atoms with E-state index in [1.54, 1.807) is 0 Å². The van der Waals surface area contributed by atoms with Gasteiger partial charge in [-0.1, -0.05) is 11.6 Å². The van der Waals surface area contributed by atoms with E-state index in [1.165, 1.54) is 0 Å². The van der Waals surface area contributed by atoms with Crippen LogP contribution >= 0.6 is 11.6 Å². The summed E-state index contributed by atoms with van der Waals surface area (Å²) in [6.07, 6.45) is 2.83. The summed E-state index contributed by atoms with van der Waals surface area (Å²) in [4.78, 5) is 0. The van der Waals surface area contributed by atoms with Crippen molar-refractivity contribution in [2.75, 3.05) is 13.2 Å². The molecule has 0 atom stereocenters. The van der Waals surface area contributed by atoms with E-state index in [4.69, 9.17) is 21.4 Å². The average molecular weight is 215 g/mol. The zero-order chi connectivity index (χ0) is 10.2. The van der Waals surface area contributed by atoms with Crippen molar-refractivity contribution in [1.29, 1.82) is 0 Å². The predicted octanol–water partition coefficient (Wildman–Crippen LogP) is 2.88. The summed E-state index contributed by atoms with van der Waals surface area (Å²) >= 11 is 5.73. The van der Waals surface area contributed by atoms with Crippen LogP contribution in [0.4, 0.5) is 0 Å². The Labute approximate surface area is 89.5 Å². The van der Waals surface area contributed by atoms with Gasteiger partial charge in [-0.15, -0.1) is 0 Å². The van der Waals surface area contributed by atoms with E-state index in [0.717, 1.165) is 30.0 Å². The molecule has 0 spiro atoms. The Morgan fingerprint density at radius 1 is 1.07 bits per heavy atom. The van der Waals surface area contributed by atoms with Crippen LogP contribution in [0, 0.1) is 0 Å². The van der Waals surface area contributed by atoms with Crippen LogP contribution in [-0.4, -0.2) is 18.3 Å². The molecule has 0 radical (unpaired) electrons. The van der Waals surface area contributed by atoms with Gasteiger partial charge >= 0.3 is 0 Å². The molecule has 0 saturated carbocycles. The van der Waals surface area contributed by atoms with Crippen molar-refractivity contribution in [1.82, 2.24) is 0 Å². The second kappa shape index (κ2) is 6.68. The van der Waals surface area contributed by atoms with E-state index >= 15 is 0 Å². The largest absolute Gasteiger partial charge is 0.494 e. The molecule has 3 heteroatoms. The molecule has 0 aromatic heterocycles. The van der Waals surface area contributed by atoms with E-state index in [2.05, 4.69) is 0 Å². The van der Waals surface area contributed by atoms with Crippen molar-refractivity contribution >= 4 is 11.6 Å². The molecule has 0 amide bonds. The Kier molecular flexibility index (Phi) is 5.42. The monoisotopic (exact) mass is 214 g/mol. The molecular formula is C11H15ClO2. The van der Waals surface area contributed by atoms with Crippen LogP contribution in [0.15, 0.2) is 24.3 Å². The summed E-state index contributed by atoms with van der Waals surface area (Å²) in [6.45, 7) is 0.961. The van der Waals surface area contributed by atoms with Crippen LogP contribution in [0.3, 0.4) is 0 Å². The molecule has 0 aliphatic rings. The summed E-state index contributed by atoms with van der Waals surface area (Å²) < 4.78 is 5.47. The number of unbranched alkanes of at least 4 members (excludes halogenated alkanes) is 2. The normalized spacial score (nSPS) is 10.1. The Morgan fingerprint density at radius 2 is 1.79 bits per heavy atom. The molecule has 0 saturated heterocycles. The maximum Gasteiger partial charge on any atom is 0.119 e. The van der Waals surface area contributed by atoms with Crippen molar-refractivity contribution in [3.05, 3.63) is 29.3 Å². The van der Waals surface area contributed by atoms with Crippen molar-refractivity contribution in [2.24, 2.45) is 0 Å². The molecule has 1 aromatic carbocycles. The zero-order valence-electron chi connectivity index (χ0n) is 8.08. The van der Waals surface area contributed by atoms with Crippen LogP contribution in [-0.2, 0) is 0 Å². The standard InChI is InChI=1S/C11H15ClO2/c12-10-4-6-11(7-5-10)14-9-3-1-2-8-13/h4-7,13H,1-3,8-9H2. The van der Waals surface area contributed by atoms with E-state index in [-0.39, 0.29) is 6.61 Å². The van der Waals surface area contributed by atoms with Gasteiger partial charge in [0.05, 0.1) is 6.61 Å². The van der Waals surface area contributed by atoms with Crippen molar-refractivity contribution in [2.45, 2.75) is 19.3 Å². The van der Waals surface area contributed by atoms with Gasteiger partial charge in [0.2, 0.25) is 0 Å². The van der Waals surface area contributed by atoms with Crippen LogP contribution < -0.4 is 4.74 Å².